The van der Waals surface area contributed by atoms with Gasteiger partial charge in [0.15, 0.2) is 0 Å². The summed E-state index contributed by atoms with van der Waals surface area (Å²) >= 11 is 0. The van der Waals surface area contributed by atoms with Crippen molar-refractivity contribution in [1.82, 2.24) is 5.32 Å². The van der Waals surface area contributed by atoms with Gasteiger partial charge in [0.2, 0.25) is 0 Å². The largest absolute Gasteiger partial charge is 0.416 e. The molecule has 0 radical (unpaired) electrons. The summed E-state index contributed by atoms with van der Waals surface area (Å²) in [6.45, 7) is 2.55. The highest BCUT2D eigenvalue weighted by Crippen LogP contribution is 2.30. The summed E-state index contributed by atoms with van der Waals surface area (Å²) in [7, 11) is 0. The topological polar surface area (TPSA) is 32.3 Å². The smallest absolute Gasteiger partial charge is 0.387 e. The average Bonchev–Trinajstić information content (AvgIpc) is 2.32. The Balaban J connectivity index is 1.87. The number of aliphatic hydroxyl groups is 1. The number of aliphatic hydroxyl groups excluding tert-OH is 1. The average molecular weight is 273 g/mol. The number of hydrogen-bond acceptors (Lipinski definition) is 2. The summed E-state index contributed by atoms with van der Waals surface area (Å²) < 4.78 is 37.2. The first-order valence-corrected chi connectivity index (χ1v) is 6.45. The molecule has 2 nitrogen and oxygen atoms in total. The Kier molecular flexibility index (Phi) is 4.16. The fourth-order valence-electron chi connectivity index (χ4n) is 2.36. The molecule has 0 aromatic heterocycles. The van der Waals surface area contributed by atoms with Crippen LogP contribution in [0.4, 0.5) is 13.2 Å². The SMILES string of the molecule is CC1CC(NCC(O)c2ccc(C(F)(F)F)cc2)C1. The van der Waals surface area contributed by atoms with Gasteiger partial charge in [0.05, 0.1) is 11.7 Å². The molecule has 1 saturated carbocycles. The number of alkyl halides is 3. The normalized spacial score (nSPS) is 24.9. The molecule has 0 amide bonds. The fraction of sp³-hybridized carbons (Fsp3) is 0.571. The van der Waals surface area contributed by atoms with Gasteiger partial charge in [-0.25, -0.2) is 0 Å². The zero-order valence-electron chi connectivity index (χ0n) is 10.7. The number of hydrogen-bond donors (Lipinski definition) is 2. The minimum atomic E-state index is -4.33. The lowest BCUT2D eigenvalue weighted by molar-refractivity contribution is -0.137. The molecule has 2 rings (SSSR count). The lowest BCUT2D eigenvalue weighted by atomic mass is 9.82. The van der Waals surface area contributed by atoms with Crippen molar-refractivity contribution >= 4 is 0 Å². The van der Waals surface area contributed by atoms with Crippen LogP contribution in [0.1, 0.15) is 37.0 Å². The second kappa shape index (κ2) is 5.51. The minimum Gasteiger partial charge on any atom is -0.387 e. The van der Waals surface area contributed by atoms with Crippen molar-refractivity contribution in [3.63, 3.8) is 0 Å². The molecule has 1 aliphatic rings. The van der Waals surface area contributed by atoms with Crippen LogP contribution >= 0.6 is 0 Å². The quantitative estimate of drug-likeness (QED) is 0.883. The van der Waals surface area contributed by atoms with Gasteiger partial charge in [-0.3, -0.25) is 0 Å². The Labute approximate surface area is 110 Å². The highest BCUT2D eigenvalue weighted by atomic mass is 19.4. The third-order valence-corrected chi connectivity index (χ3v) is 3.60. The highest BCUT2D eigenvalue weighted by molar-refractivity contribution is 5.26. The molecule has 19 heavy (non-hydrogen) atoms. The molecule has 0 bridgehead atoms. The Hall–Kier alpha value is -1.07. The number of nitrogens with one attached hydrogen (secondary N) is 1. The van der Waals surface area contributed by atoms with Crippen LogP contribution in [0.3, 0.4) is 0 Å². The standard InChI is InChI=1S/C14H18F3NO/c1-9-6-12(7-9)18-8-13(19)10-2-4-11(5-3-10)14(15,16)17/h2-5,9,12-13,18-19H,6-8H2,1H3. The van der Waals surface area contributed by atoms with E-state index in [0.717, 1.165) is 30.9 Å². The van der Waals surface area contributed by atoms with E-state index in [9.17, 15) is 18.3 Å². The molecule has 0 saturated heterocycles. The number of halogens is 3. The van der Waals surface area contributed by atoms with E-state index < -0.39 is 17.8 Å². The molecule has 0 spiro atoms. The van der Waals surface area contributed by atoms with Crippen molar-refractivity contribution < 1.29 is 18.3 Å². The summed E-state index contributed by atoms with van der Waals surface area (Å²) in [5.41, 5.74) is -0.183. The van der Waals surface area contributed by atoms with Gasteiger partial charge in [-0.15, -0.1) is 0 Å². The van der Waals surface area contributed by atoms with Gasteiger partial charge in [0, 0.05) is 12.6 Å². The van der Waals surface area contributed by atoms with E-state index in [-0.39, 0.29) is 0 Å². The molecule has 1 aromatic rings. The predicted octanol–water partition coefficient (Wildman–Crippen LogP) is 3.13. The molecule has 1 fully saturated rings. The van der Waals surface area contributed by atoms with Crippen LogP contribution in [-0.4, -0.2) is 17.7 Å². The van der Waals surface area contributed by atoms with Crippen LogP contribution in [0.15, 0.2) is 24.3 Å². The third-order valence-electron chi connectivity index (χ3n) is 3.60. The second-order valence-electron chi connectivity index (χ2n) is 5.32. The summed E-state index contributed by atoms with van der Waals surface area (Å²) in [5, 5.41) is 13.1. The molecule has 0 aliphatic heterocycles. The first-order chi connectivity index (χ1) is 8.86. The Morgan fingerprint density at radius 3 is 2.32 bits per heavy atom. The molecular weight excluding hydrogens is 255 g/mol. The molecule has 106 valence electrons. The lowest BCUT2D eigenvalue weighted by Gasteiger charge is -2.34. The Bertz CT molecular complexity index is 410. The molecule has 2 N–H and O–H groups in total. The predicted molar refractivity (Wildman–Crippen MR) is 66.6 cm³/mol. The third kappa shape index (κ3) is 3.70. The first kappa shape index (κ1) is 14.3. The molecular formula is C14H18F3NO. The van der Waals surface area contributed by atoms with Crippen molar-refractivity contribution in [3.8, 4) is 0 Å². The van der Waals surface area contributed by atoms with Crippen LogP contribution in [0, 0.1) is 5.92 Å². The van der Waals surface area contributed by atoms with E-state index in [4.69, 9.17) is 0 Å². The van der Waals surface area contributed by atoms with E-state index in [2.05, 4.69) is 12.2 Å². The summed E-state index contributed by atoms with van der Waals surface area (Å²) in [4.78, 5) is 0. The van der Waals surface area contributed by atoms with Gasteiger partial charge >= 0.3 is 6.18 Å². The van der Waals surface area contributed by atoms with Crippen LogP contribution in [0.25, 0.3) is 0 Å². The van der Waals surface area contributed by atoms with Crippen LogP contribution < -0.4 is 5.32 Å². The van der Waals surface area contributed by atoms with E-state index >= 15 is 0 Å². The molecule has 1 aliphatic carbocycles. The second-order valence-corrected chi connectivity index (χ2v) is 5.32. The molecule has 1 atom stereocenters. The highest BCUT2D eigenvalue weighted by Gasteiger charge is 2.30. The maximum atomic E-state index is 12.4. The van der Waals surface area contributed by atoms with Crippen molar-refractivity contribution in [2.75, 3.05) is 6.54 Å². The zero-order valence-corrected chi connectivity index (χ0v) is 10.7. The molecule has 1 unspecified atom stereocenters. The summed E-state index contributed by atoms with van der Waals surface area (Å²) in [6.07, 6.45) is -2.90. The first-order valence-electron chi connectivity index (χ1n) is 6.45. The van der Waals surface area contributed by atoms with E-state index in [0.29, 0.717) is 18.2 Å². The van der Waals surface area contributed by atoms with Crippen LogP contribution in [0.5, 0.6) is 0 Å². The number of benzene rings is 1. The van der Waals surface area contributed by atoms with Crippen molar-refractivity contribution in [3.05, 3.63) is 35.4 Å². The van der Waals surface area contributed by atoms with E-state index in [1.807, 2.05) is 0 Å². The van der Waals surface area contributed by atoms with Crippen molar-refractivity contribution in [2.24, 2.45) is 5.92 Å². The van der Waals surface area contributed by atoms with E-state index in [1.54, 1.807) is 0 Å². The fourth-order valence-corrected chi connectivity index (χ4v) is 2.36. The van der Waals surface area contributed by atoms with Crippen LogP contribution in [0.2, 0.25) is 0 Å². The number of rotatable bonds is 4. The maximum absolute atomic E-state index is 12.4. The maximum Gasteiger partial charge on any atom is 0.416 e. The summed E-state index contributed by atoms with van der Waals surface area (Å²) in [5.74, 6) is 0.723. The summed E-state index contributed by atoms with van der Waals surface area (Å²) in [6, 6.07) is 5.10. The zero-order chi connectivity index (χ0) is 14.0. The van der Waals surface area contributed by atoms with E-state index in [1.165, 1.54) is 12.1 Å². The molecule has 0 heterocycles. The Morgan fingerprint density at radius 1 is 1.26 bits per heavy atom. The van der Waals surface area contributed by atoms with Gasteiger partial charge in [-0.1, -0.05) is 19.1 Å². The van der Waals surface area contributed by atoms with Gasteiger partial charge < -0.3 is 10.4 Å². The Morgan fingerprint density at radius 2 is 1.84 bits per heavy atom. The van der Waals surface area contributed by atoms with Gasteiger partial charge in [-0.2, -0.15) is 13.2 Å². The minimum absolute atomic E-state index is 0.378. The molecule has 5 heteroatoms. The monoisotopic (exact) mass is 273 g/mol. The van der Waals surface area contributed by atoms with Crippen molar-refractivity contribution in [1.29, 1.82) is 0 Å². The van der Waals surface area contributed by atoms with Crippen molar-refractivity contribution in [2.45, 2.75) is 38.1 Å². The lowest BCUT2D eigenvalue weighted by Crippen LogP contribution is -2.41. The molecule has 1 aromatic carbocycles. The van der Waals surface area contributed by atoms with Gasteiger partial charge in [0.25, 0.3) is 0 Å². The van der Waals surface area contributed by atoms with Gasteiger partial charge in [-0.05, 0) is 36.5 Å². The van der Waals surface area contributed by atoms with Crippen LogP contribution in [-0.2, 0) is 6.18 Å². The van der Waals surface area contributed by atoms with Gasteiger partial charge in [0.1, 0.15) is 0 Å².